The maximum absolute atomic E-state index is 12.0. The van der Waals surface area contributed by atoms with Crippen molar-refractivity contribution in [3.63, 3.8) is 0 Å². The van der Waals surface area contributed by atoms with Crippen LogP contribution in [0.25, 0.3) is 11.0 Å². The van der Waals surface area contributed by atoms with Gasteiger partial charge in [0.05, 0.1) is 6.61 Å². The molecule has 0 atom stereocenters. The van der Waals surface area contributed by atoms with E-state index in [-0.39, 0.29) is 12.4 Å². The molecular formula is C15H14F3NO5. The highest BCUT2D eigenvalue weighted by Gasteiger charge is 2.28. The molecule has 6 nitrogen and oxygen atoms in total. The summed E-state index contributed by atoms with van der Waals surface area (Å²) in [6.07, 6.45) is -4.54. The Balaban J connectivity index is 2.06. The molecule has 9 heteroatoms. The van der Waals surface area contributed by atoms with E-state index in [9.17, 15) is 22.8 Å². The number of furan rings is 1. The number of methoxy groups -OCH3 is 1. The van der Waals surface area contributed by atoms with Gasteiger partial charge in [-0.1, -0.05) is 18.2 Å². The van der Waals surface area contributed by atoms with Crippen LogP contribution in [0.2, 0.25) is 0 Å². The molecule has 1 aromatic heterocycles. The van der Waals surface area contributed by atoms with E-state index >= 15 is 0 Å². The summed E-state index contributed by atoms with van der Waals surface area (Å²) in [5.41, 5.74) is 0.867. The van der Waals surface area contributed by atoms with Crippen LogP contribution in [0.4, 0.5) is 13.2 Å². The van der Waals surface area contributed by atoms with Crippen LogP contribution in [0.15, 0.2) is 28.7 Å². The molecule has 1 N–H and O–H groups in total. The first-order valence-corrected chi connectivity index (χ1v) is 6.81. The lowest BCUT2D eigenvalue weighted by Crippen LogP contribution is -2.36. The first kappa shape index (κ1) is 17.8. The number of amides is 1. The van der Waals surface area contributed by atoms with Crippen molar-refractivity contribution in [1.82, 2.24) is 5.32 Å². The molecule has 130 valence electrons. The van der Waals surface area contributed by atoms with E-state index in [0.29, 0.717) is 16.5 Å². The van der Waals surface area contributed by atoms with Gasteiger partial charge < -0.3 is 19.2 Å². The van der Waals surface area contributed by atoms with Gasteiger partial charge in [0.15, 0.2) is 6.61 Å². The van der Waals surface area contributed by atoms with Crippen molar-refractivity contribution in [3.8, 4) is 0 Å². The molecule has 24 heavy (non-hydrogen) atoms. The number of esters is 1. The molecule has 0 aliphatic carbocycles. The van der Waals surface area contributed by atoms with E-state index in [0.717, 1.165) is 0 Å². The second-order valence-electron chi connectivity index (χ2n) is 4.81. The quantitative estimate of drug-likeness (QED) is 0.814. The van der Waals surface area contributed by atoms with Gasteiger partial charge in [-0.3, -0.25) is 4.79 Å². The Kier molecular flexibility index (Phi) is 5.45. The smallest absolute Gasteiger partial charge is 0.405 e. The summed E-state index contributed by atoms with van der Waals surface area (Å²) in [6, 6.07) is 6.82. The lowest BCUT2D eigenvalue weighted by molar-refractivity contribution is -0.140. The average molecular weight is 345 g/mol. The number of benzene rings is 1. The third-order valence-electron chi connectivity index (χ3n) is 2.99. The van der Waals surface area contributed by atoms with Crippen LogP contribution in [-0.2, 0) is 20.9 Å². The van der Waals surface area contributed by atoms with E-state index < -0.39 is 31.2 Å². The summed E-state index contributed by atoms with van der Waals surface area (Å²) >= 11 is 0. The number of carbonyl (C=O) groups excluding carboxylic acids is 2. The predicted molar refractivity (Wildman–Crippen MR) is 76.3 cm³/mol. The average Bonchev–Trinajstić information content (AvgIpc) is 2.89. The lowest BCUT2D eigenvalue weighted by Gasteiger charge is -2.08. The molecule has 0 radical (unpaired) electrons. The van der Waals surface area contributed by atoms with Crippen LogP contribution in [-0.4, -0.2) is 38.3 Å². The van der Waals surface area contributed by atoms with Gasteiger partial charge >= 0.3 is 12.1 Å². The van der Waals surface area contributed by atoms with Crippen LogP contribution in [0.3, 0.4) is 0 Å². The van der Waals surface area contributed by atoms with Gasteiger partial charge in [-0.15, -0.1) is 0 Å². The highest BCUT2D eigenvalue weighted by Crippen LogP contribution is 2.27. The minimum absolute atomic E-state index is 0.0711. The molecule has 1 aromatic carbocycles. The molecule has 2 rings (SSSR count). The van der Waals surface area contributed by atoms with Crippen molar-refractivity contribution in [1.29, 1.82) is 0 Å². The Morgan fingerprint density at radius 2 is 1.96 bits per heavy atom. The molecule has 0 bridgehead atoms. The number of para-hydroxylation sites is 1. The molecule has 1 amide bonds. The number of alkyl halides is 3. The Bertz CT molecular complexity index is 738. The first-order chi connectivity index (χ1) is 11.3. The van der Waals surface area contributed by atoms with E-state index in [1.165, 1.54) is 7.11 Å². The Morgan fingerprint density at radius 1 is 1.25 bits per heavy atom. The maximum atomic E-state index is 12.0. The Hall–Kier alpha value is -2.55. The number of nitrogens with one attached hydrogen (secondary N) is 1. The van der Waals surface area contributed by atoms with E-state index in [1.807, 2.05) is 0 Å². The third-order valence-corrected chi connectivity index (χ3v) is 2.99. The normalized spacial score (nSPS) is 11.5. The summed E-state index contributed by atoms with van der Waals surface area (Å²) in [5, 5.41) is 2.25. The zero-order valence-electron chi connectivity index (χ0n) is 12.6. The highest BCUT2D eigenvalue weighted by molar-refractivity contribution is 5.96. The van der Waals surface area contributed by atoms with Crippen molar-refractivity contribution in [2.75, 3.05) is 20.3 Å². The third kappa shape index (κ3) is 4.48. The summed E-state index contributed by atoms with van der Waals surface area (Å²) in [7, 11) is 1.43. The standard InChI is InChI=1S/C15H14F3NO5/c1-22-6-10-9-4-2-3-5-11(9)24-13(10)14(21)23-7-12(20)19-8-15(16,17)18/h2-5H,6-8H2,1H3,(H,19,20). The summed E-state index contributed by atoms with van der Waals surface area (Å²) in [6.45, 7) is -2.27. The van der Waals surface area contributed by atoms with Crippen LogP contribution >= 0.6 is 0 Å². The van der Waals surface area contributed by atoms with Gasteiger partial charge in [0, 0.05) is 18.1 Å². The second kappa shape index (κ2) is 7.35. The molecule has 0 unspecified atom stereocenters. The van der Waals surface area contributed by atoms with E-state index in [4.69, 9.17) is 13.9 Å². The minimum atomic E-state index is -4.54. The van der Waals surface area contributed by atoms with Crippen LogP contribution < -0.4 is 5.32 Å². The number of rotatable bonds is 6. The molecule has 0 aliphatic heterocycles. The number of ether oxygens (including phenoxy) is 2. The minimum Gasteiger partial charge on any atom is -0.450 e. The highest BCUT2D eigenvalue weighted by atomic mass is 19.4. The first-order valence-electron chi connectivity index (χ1n) is 6.81. The van der Waals surface area contributed by atoms with Crippen LogP contribution in [0, 0.1) is 0 Å². The fourth-order valence-corrected chi connectivity index (χ4v) is 2.00. The monoisotopic (exact) mass is 345 g/mol. The SMILES string of the molecule is COCc1c(C(=O)OCC(=O)NCC(F)(F)F)oc2ccccc12. The number of halogens is 3. The Morgan fingerprint density at radius 3 is 2.62 bits per heavy atom. The maximum Gasteiger partial charge on any atom is 0.405 e. The van der Waals surface area contributed by atoms with Crippen LogP contribution in [0.5, 0.6) is 0 Å². The van der Waals surface area contributed by atoms with Gasteiger partial charge in [0.1, 0.15) is 12.1 Å². The molecule has 1 heterocycles. The number of carbonyl (C=O) groups is 2. The fraction of sp³-hybridized carbons (Fsp3) is 0.333. The number of hydrogen-bond acceptors (Lipinski definition) is 5. The van der Waals surface area contributed by atoms with Crippen molar-refractivity contribution in [2.24, 2.45) is 0 Å². The van der Waals surface area contributed by atoms with Crippen molar-refractivity contribution in [3.05, 3.63) is 35.6 Å². The molecule has 0 fully saturated rings. The molecular weight excluding hydrogens is 331 g/mol. The molecule has 0 aliphatic rings. The summed E-state index contributed by atoms with van der Waals surface area (Å²) < 4.78 is 51.1. The molecule has 0 saturated heterocycles. The van der Waals surface area contributed by atoms with Crippen LogP contribution in [0.1, 0.15) is 16.1 Å². The van der Waals surface area contributed by atoms with Gasteiger partial charge in [0.25, 0.3) is 5.91 Å². The van der Waals surface area contributed by atoms with E-state index in [2.05, 4.69) is 0 Å². The van der Waals surface area contributed by atoms with Crippen molar-refractivity contribution in [2.45, 2.75) is 12.8 Å². The van der Waals surface area contributed by atoms with Crippen molar-refractivity contribution < 1.29 is 36.7 Å². The Labute approximate surface area is 134 Å². The van der Waals surface area contributed by atoms with Gasteiger partial charge in [-0.25, -0.2) is 4.79 Å². The zero-order chi connectivity index (χ0) is 17.7. The summed E-state index contributed by atoms with van der Waals surface area (Å²) in [5.74, 6) is -2.17. The largest absolute Gasteiger partial charge is 0.450 e. The predicted octanol–water partition coefficient (Wildman–Crippen LogP) is 2.41. The molecule has 0 spiro atoms. The topological polar surface area (TPSA) is 77.8 Å². The van der Waals surface area contributed by atoms with Gasteiger partial charge in [-0.05, 0) is 6.07 Å². The summed E-state index contributed by atoms with van der Waals surface area (Å²) in [4.78, 5) is 23.3. The molecule has 0 saturated carbocycles. The van der Waals surface area contributed by atoms with Gasteiger partial charge in [-0.2, -0.15) is 13.2 Å². The lowest BCUT2D eigenvalue weighted by atomic mass is 10.1. The van der Waals surface area contributed by atoms with Crippen molar-refractivity contribution >= 4 is 22.8 Å². The van der Waals surface area contributed by atoms with E-state index in [1.54, 1.807) is 29.6 Å². The fourth-order valence-electron chi connectivity index (χ4n) is 2.00. The second-order valence-corrected chi connectivity index (χ2v) is 4.81. The number of fused-ring (bicyclic) bond motifs is 1. The van der Waals surface area contributed by atoms with Gasteiger partial charge in [0.2, 0.25) is 5.76 Å². The number of hydrogen-bond donors (Lipinski definition) is 1. The zero-order valence-corrected chi connectivity index (χ0v) is 12.6. The molecule has 2 aromatic rings.